The van der Waals surface area contributed by atoms with Gasteiger partial charge in [0.2, 0.25) is 5.91 Å². The number of pyridine rings is 1. The summed E-state index contributed by atoms with van der Waals surface area (Å²) >= 11 is 0. The van der Waals surface area contributed by atoms with Crippen molar-refractivity contribution >= 4 is 11.6 Å². The third-order valence-electron chi connectivity index (χ3n) is 8.30. The highest BCUT2D eigenvalue weighted by Crippen LogP contribution is 2.41. The highest BCUT2D eigenvalue weighted by Gasteiger charge is 2.35. The summed E-state index contributed by atoms with van der Waals surface area (Å²) in [5.74, 6) is 1.29. The van der Waals surface area contributed by atoms with Gasteiger partial charge >= 0.3 is 0 Å². The Hall–Kier alpha value is -3.14. The van der Waals surface area contributed by atoms with Crippen LogP contribution in [-0.4, -0.2) is 28.9 Å². The molecule has 1 aromatic heterocycles. The van der Waals surface area contributed by atoms with Gasteiger partial charge in [0, 0.05) is 36.5 Å². The summed E-state index contributed by atoms with van der Waals surface area (Å²) in [7, 11) is 0. The van der Waals surface area contributed by atoms with Crippen LogP contribution >= 0.6 is 0 Å². The number of anilines is 1. The average Bonchev–Trinajstić information content (AvgIpc) is 3.66. The number of amides is 1. The Morgan fingerprint density at radius 3 is 2.51 bits per heavy atom. The molecule has 35 heavy (non-hydrogen) atoms. The van der Waals surface area contributed by atoms with Gasteiger partial charge < -0.3 is 10.2 Å². The lowest BCUT2D eigenvalue weighted by atomic mass is 9.88. The normalized spacial score (nSPS) is 20.1. The molecular formula is C31H35N3O. The SMILES string of the molecule is Cc1cc(C2CCN(C(=O)C3CC3)CC2)ccc1N[C@H]1CCc2cccc(-c3ncccc3C)c21. The van der Waals surface area contributed by atoms with Crippen LogP contribution in [0, 0.1) is 19.8 Å². The molecule has 1 saturated heterocycles. The zero-order valence-corrected chi connectivity index (χ0v) is 20.9. The maximum absolute atomic E-state index is 12.4. The summed E-state index contributed by atoms with van der Waals surface area (Å²) in [4.78, 5) is 19.2. The first-order valence-electron chi connectivity index (χ1n) is 13.3. The van der Waals surface area contributed by atoms with Crippen molar-refractivity contribution in [3.63, 3.8) is 0 Å². The Morgan fingerprint density at radius 2 is 1.77 bits per heavy atom. The van der Waals surface area contributed by atoms with E-state index in [9.17, 15) is 4.79 Å². The number of carbonyl (C=O) groups excluding carboxylic acids is 1. The standard InChI is InChI=1S/C31H35N3O/c1-20-5-4-16-32-30(20)26-7-3-6-23-10-13-28(29(23)26)33-27-12-11-25(19-21(27)2)22-14-17-34(18-15-22)31(35)24-8-9-24/h3-7,11-12,16,19,22,24,28,33H,8-10,13-15,17-18H2,1-2H3/t28-/m0/s1. The highest BCUT2D eigenvalue weighted by atomic mass is 16.2. The van der Waals surface area contributed by atoms with Crippen molar-refractivity contribution < 1.29 is 4.79 Å². The molecule has 1 N–H and O–H groups in total. The maximum atomic E-state index is 12.4. The average molecular weight is 466 g/mol. The van der Waals surface area contributed by atoms with Gasteiger partial charge in [0.05, 0.1) is 11.7 Å². The highest BCUT2D eigenvalue weighted by molar-refractivity contribution is 5.81. The number of carbonyl (C=O) groups is 1. The summed E-state index contributed by atoms with van der Waals surface area (Å²) in [6.07, 6.45) is 8.45. The molecule has 0 bridgehead atoms. The topological polar surface area (TPSA) is 45.2 Å². The first-order valence-corrected chi connectivity index (χ1v) is 13.3. The maximum Gasteiger partial charge on any atom is 0.225 e. The third kappa shape index (κ3) is 4.35. The minimum atomic E-state index is 0.295. The predicted molar refractivity (Wildman–Crippen MR) is 142 cm³/mol. The fraction of sp³-hybridized carbons (Fsp3) is 0.419. The van der Waals surface area contributed by atoms with Crippen molar-refractivity contribution in [1.29, 1.82) is 0 Å². The number of aromatic nitrogens is 1. The third-order valence-corrected chi connectivity index (χ3v) is 8.30. The van der Waals surface area contributed by atoms with Gasteiger partial charge in [-0.15, -0.1) is 0 Å². The van der Waals surface area contributed by atoms with Gasteiger partial charge in [0.1, 0.15) is 0 Å². The van der Waals surface area contributed by atoms with Gasteiger partial charge in [-0.25, -0.2) is 0 Å². The fourth-order valence-electron chi connectivity index (χ4n) is 6.12. The fourth-order valence-corrected chi connectivity index (χ4v) is 6.12. The Balaban J connectivity index is 1.19. The van der Waals surface area contributed by atoms with Gasteiger partial charge in [-0.1, -0.05) is 36.4 Å². The van der Waals surface area contributed by atoms with E-state index in [2.05, 4.69) is 66.5 Å². The van der Waals surface area contributed by atoms with Gasteiger partial charge in [0.15, 0.2) is 0 Å². The Bertz CT molecular complexity index is 1250. The smallest absolute Gasteiger partial charge is 0.225 e. The summed E-state index contributed by atoms with van der Waals surface area (Å²) < 4.78 is 0. The van der Waals surface area contributed by atoms with Crippen LogP contribution in [0.3, 0.4) is 0 Å². The largest absolute Gasteiger partial charge is 0.378 e. The molecule has 0 radical (unpaired) electrons. The van der Waals surface area contributed by atoms with Crippen molar-refractivity contribution in [2.45, 2.75) is 64.3 Å². The molecule has 180 valence electrons. The van der Waals surface area contributed by atoms with Crippen molar-refractivity contribution in [3.8, 4) is 11.3 Å². The molecule has 0 unspecified atom stereocenters. The van der Waals surface area contributed by atoms with E-state index < -0.39 is 0 Å². The van der Waals surface area contributed by atoms with E-state index in [1.54, 1.807) is 0 Å². The van der Waals surface area contributed by atoms with E-state index >= 15 is 0 Å². The molecule has 1 amide bonds. The van der Waals surface area contributed by atoms with Crippen molar-refractivity contribution in [1.82, 2.24) is 9.88 Å². The van der Waals surface area contributed by atoms with Crippen LogP contribution in [0.4, 0.5) is 5.69 Å². The van der Waals surface area contributed by atoms with Crippen LogP contribution in [0.2, 0.25) is 0 Å². The number of nitrogens with zero attached hydrogens (tertiary/aromatic N) is 2. The molecular weight excluding hydrogens is 430 g/mol. The number of benzene rings is 2. The molecule has 0 spiro atoms. The zero-order valence-electron chi connectivity index (χ0n) is 20.9. The second kappa shape index (κ2) is 9.14. The lowest BCUT2D eigenvalue weighted by Crippen LogP contribution is -2.38. The monoisotopic (exact) mass is 465 g/mol. The summed E-state index contributed by atoms with van der Waals surface area (Å²) in [5.41, 5.74) is 10.4. The number of nitrogens with one attached hydrogen (secondary N) is 1. The molecule has 2 fully saturated rings. The molecule has 2 aliphatic carbocycles. The van der Waals surface area contributed by atoms with E-state index in [4.69, 9.17) is 4.98 Å². The molecule has 2 aromatic carbocycles. The molecule has 3 aliphatic rings. The predicted octanol–water partition coefficient (Wildman–Crippen LogP) is 6.58. The lowest BCUT2D eigenvalue weighted by Gasteiger charge is -2.32. The van der Waals surface area contributed by atoms with Gasteiger partial charge in [-0.3, -0.25) is 9.78 Å². The van der Waals surface area contributed by atoms with Crippen LogP contribution in [-0.2, 0) is 11.2 Å². The molecule has 4 heteroatoms. The first-order chi connectivity index (χ1) is 17.1. The van der Waals surface area contributed by atoms with Gasteiger partial charge in [-0.2, -0.15) is 0 Å². The molecule has 4 nitrogen and oxygen atoms in total. The van der Waals surface area contributed by atoms with Crippen molar-refractivity contribution in [2.75, 3.05) is 18.4 Å². The van der Waals surface area contributed by atoms with Crippen LogP contribution in [0.1, 0.15) is 71.9 Å². The Labute approximate surface area is 208 Å². The van der Waals surface area contributed by atoms with Crippen LogP contribution in [0.15, 0.2) is 54.7 Å². The Morgan fingerprint density at radius 1 is 0.943 bits per heavy atom. The van der Waals surface area contributed by atoms with E-state index in [-0.39, 0.29) is 0 Å². The number of hydrogen-bond acceptors (Lipinski definition) is 3. The number of aryl methyl sites for hydroxylation is 3. The second-order valence-corrected chi connectivity index (χ2v) is 10.7. The summed E-state index contributed by atoms with van der Waals surface area (Å²) in [6.45, 7) is 6.19. The lowest BCUT2D eigenvalue weighted by molar-refractivity contribution is -0.133. The van der Waals surface area contributed by atoms with E-state index in [0.717, 1.165) is 57.3 Å². The van der Waals surface area contributed by atoms with E-state index in [1.165, 1.54) is 39.1 Å². The molecule has 3 aromatic rings. The molecule has 1 aliphatic heterocycles. The zero-order chi connectivity index (χ0) is 23.9. The van der Waals surface area contributed by atoms with Crippen molar-refractivity contribution in [2.24, 2.45) is 5.92 Å². The van der Waals surface area contributed by atoms with Crippen molar-refractivity contribution in [3.05, 3.63) is 82.5 Å². The number of piperidine rings is 1. The first kappa shape index (κ1) is 22.3. The number of likely N-dealkylation sites (tertiary alicyclic amines) is 1. The van der Waals surface area contributed by atoms with Gasteiger partial charge in [0.25, 0.3) is 0 Å². The second-order valence-electron chi connectivity index (χ2n) is 10.7. The number of fused-ring (bicyclic) bond motifs is 1. The molecule has 2 heterocycles. The van der Waals surface area contributed by atoms with E-state index in [0.29, 0.717) is 23.8 Å². The number of hydrogen-bond donors (Lipinski definition) is 1. The van der Waals surface area contributed by atoms with Crippen LogP contribution < -0.4 is 5.32 Å². The van der Waals surface area contributed by atoms with Crippen LogP contribution in [0.5, 0.6) is 0 Å². The summed E-state index contributed by atoms with van der Waals surface area (Å²) in [5, 5.41) is 3.89. The van der Waals surface area contributed by atoms with Crippen LogP contribution in [0.25, 0.3) is 11.3 Å². The molecule has 6 rings (SSSR count). The number of rotatable bonds is 5. The Kier molecular flexibility index (Phi) is 5.83. The van der Waals surface area contributed by atoms with E-state index in [1.807, 2.05) is 12.3 Å². The summed E-state index contributed by atoms with van der Waals surface area (Å²) in [6, 6.07) is 18.1. The molecule has 1 saturated carbocycles. The quantitative estimate of drug-likeness (QED) is 0.463. The van der Waals surface area contributed by atoms with Gasteiger partial charge in [-0.05, 0) is 98.2 Å². The molecule has 1 atom stereocenters. The minimum absolute atomic E-state index is 0.295. The minimum Gasteiger partial charge on any atom is -0.378 e.